The zero-order valence-corrected chi connectivity index (χ0v) is 8.58. The molecular weight excluding hydrogens is 168 g/mol. The largest absolute Gasteiger partial charge is 0.380 e. The van der Waals surface area contributed by atoms with Gasteiger partial charge in [0.1, 0.15) is 0 Å². The molecule has 1 unspecified atom stereocenters. The van der Waals surface area contributed by atoms with E-state index < -0.39 is 0 Å². The van der Waals surface area contributed by atoms with Crippen LogP contribution in [0.3, 0.4) is 0 Å². The van der Waals surface area contributed by atoms with Gasteiger partial charge in [-0.05, 0) is 13.8 Å². The molecule has 0 bridgehead atoms. The molecule has 0 aliphatic carbocycles. The standard InChI is InChI=1S/C9H20N2O2/c1-3-12-8-9(2)10-11-4-6-13-7-5-11/h9-10H,3-8H2,1-2H3. The maximum Gasteiger partial charge on any atom is 0.0630 e. The van der Waals surface area contributed by atoms with E-state index in [2.05, 4.69) is 17.4 Å². The van der Waals surface area contributed by atoms with Crippen molar-refractivity contribution in [2.75, 3.05) is 39.5 Å². The molecule has 13 heavy (non-hydrogen) atoms. The van der Waals surface area contributed by atoms with E-state index in [1.807, 2.05) is 6.92 Å². The molecular formula is C9H20N2O2. The summed E-state index contributed by atoms with van der Waals surface area (Å²) in [4.78, 5) is 0. The highest BCUT2D eigenvalue weighted by atomic mass is 16.5. The molecule has 1 aliphatic rings. The molecule has 1 atom stereocenters. The van der Waals surface area contributed by atoms with E-state index in [0.717, 1.165) is 39.5 Å². The molecule has 78 valence electrons. The minimum atomic E-state index is 0.387. The van der Waals surface area contributed by atoms with E-state index in [9.17, 15) is 0 Å². The van der Waals surface area contributed by atoms with Crippen LogP contribution in [0.2, 0.25) is 0 Å². The molecule has 0 aromatic heterocycles. The van der Waals surface area contributed by atoms with Gasteiger partial charge in [0.05, 0.1) is 19.8 Å². The predicted molar refractivity (Wildman–Crippen MR) is 51.5 cm³/mol. The molecule has 0 radical (unpaired) electrons. The lowest BCUT2D eigenvalue weighted by molar-refractivity contribution is -0.00481. The second kappa shape index (κ2) is 6.32. The molecule has 0 spiro atoms. The lowest BCUT2D eigenvalue weighted by atomic mass is 10.4. The summed E-state index contributed by atoms with van der Waals surface area (Å²) in [6.07, 6.45) is 0. The Morgan fingerprint density at radius 2 is 2.15 bits per heavy atom. The first-order chi connectivity index (χ1) is 6.33. The quantitative estimate of drug-likeness (QED) is 0.670. The fourth-order valence-corrected chi connectivity index (χ4v) is 1.34. The summed E-state index contributed by atoms with van der Waals surface area (Å²) in [5, 5.41) is 2.20. The van der Waals surface area contributed by atoms with Gasteiger partial charge < -0.3 is 9.47 Å². The van der Waals surface area contributed by atoms with E-state index in [1.165, 1.54) is 0 Å². The number of morpholine rings is 1. The van der Waals surface area contributed by atoms with Crippen LogP contribution >= 0.6 is 0 Å². The topological polar surface area (TPSA) is 33.7 Å². The number of nitrogens with zero attached hydrogens (tertiary/aromatic N) is 1. The normalized spacial score (nSPS) is 21.7. The molecule has 4 nitrogen and oxygen atoms in total. The highest BCUT2D eigenvalue weighted by molar-refractivity contribution is 4.62. The van der Waals surface area contributed by atoms with Crippen LogP contribution in [0.25, 0.3) is 0 Å². The van der Waals surface area contributed by atoms with E-state index in [1.54, 1.807) is 0 Å². The van der Waals surface area contributed by atoms with Crippen LogP contribution in [0.4, 0.5) is 0 Å². The molecule has 1 heterocycles. The molecule has 0 saturated carbocycles. The van der Waals surface area contributed by atoms with Gasteiger partial charge in [0.2, 0.25) is 0 Å². The third-order valence-electron chi connectivity index (χ3n) is 1.99. The van der Waals surface area contributed by atoms with Crippen LogP contribution in [0.1, 0.15) is 13.8 Å². The molecule has 1 aliphatic heterocycles. The molecule has 1 saturated heterocycles. The van der Waals surface area contributed by atoms with Crippen LogP contribution in [-0.2, 0) is 9.47 Å². The van der Waals surface area contributed by atoms with Gasteiger partial charge in [-0.25, -0.2) is 10.4 Å². The summed E-state index contributed by atoms with van der Waals surface area (Å²) < 4.78 is 10.6. The lowest BCUT2D eigenvalue weighted by Crippen LogP contribution is -2.50. The Bertz CT molecular complexity index is 127. The Morgan fingerprint density at radius 1 is 1.46 bits per heavy atom. The monoisotopic (exact) mass is 188 g/mol. The van der Waals surface area contributed by atoms with Crippen molar-refractivity contribution in [3.8, 4) is 0 Å². The second-order valence-electron chi connectivity index (χ2n) is 3.29. The van der Waals surface area contributed by atoms with Crippen molar-refractivity contribution in [3.05, 3.63) is 0 Å². The maximum absolute atomic E-state index is 5.32. The number of hydrogen-bond donors (Lipinski definition) is 1. The van der Waals surface area contributed by atoms with Gasteiger partial charge in [-0.2, -0.15) is 0 Å². The van der Waals surface area contributed by atoms with Crippen LogP contribution in [-0.4, -0.2) is 50.6 Å². The number of hydrazine groups is 1. The Kier molecular flexibility index (Phi) is 5.31. The van der Waals surface area contributed by atoms with Crippen LogP contribution < -0.4 is 5.43 Å². The number of nitrogens with one attached hydrogen (secondary N) is 1. The summed E-state index contributed by atoms with van der Waals surface area (Å²) in [7, 11) is 0. The Morgan fingerprint density at radius 3 is 2.77 bits per heavy atom. The Hall–Kier alpha value is -0.160. The van der Waals surface area contributed by atoms with Gasteiger partial charge in [-0.1, -0.05) is 0 Å². The number of ether oxygens (including phenoxy) is 2. The fourth-order valence-electron chi connectivity index (χ4n) is 1.34. The van der Waals surface area contributed by atoms with E-state index in [4.69, 9.17) is 9.47 Å². The van der Waals surface area contributed by atoms with Crippen molar-refractivity contribution in [1.29, 1.82) is 0 Å². The molecule has 1 rings (SSSR count). The van der Waals surface area contributed by atoms with E-state index in [-0.39, 0.29) is 0 Å². The van der Waals surface area contributed by atoms with Crippen LogP contribution in [0.5, 0.6) is 0 Å². The smallest absolute Gasteiger partial charge is 0.0630 e. The van der Waals surface area contributed by atoms with Gasteiger partial charge in [-0.15, -0.1) is 0 Å². The average molecular weight is 188 g/mol. The molecule has 1 N–H and O–H groups in total. The first-order valence-electron chi connectivity index (χ1n) is 4.99. The maximum atomic E-state index is 5.32. The fraction of sp³-hybridized carbons (Fsp3) is 1.00. The predicted octanol–water partition coefficient (Wildman–Crippen LogP) is 0.248. The SMILES string of the molecule is CCOCC(C)NN1CCOCC1. The summed E-state index contributed by atoms with van der Waals surface area (Å²) in [5.74, 6) is 0. The highest BCUT2D eigenvalue weighted by Gasteiger charge is 2.12. The van der Waals surface area contributed by atoms with E-state index in [0.29, 0.717) is 6.04 Å². The molecule has 0 aromatic rings. The minimum Gasteiger partial charge on any atom is -0.380 e. The zero-order chi connectivity index (χ0) is 9.52. The molecule has 1 fully saturated rings. The third kappa shape index (κ3) is 4.57. The molecule has 0 aromatic carbocycles. The Labute approximate surface area is 80.2 Å². The Balaban J connectivity index is 2.07. The lowest BCUT2D eigenvalue weighted by Gasteiger charge is -2.30. The van der Waals surface area contributed by atoms with Crippen LogP contribution in [0.15, 0.2) is 0 Å². The third-order valence-corrected chi connectivity index (χ3v) is 1.99. The second-order valence-corrected chi connectivity index (χ2v) is 3.29. The minimum absolute atomic E-state index is 0.387. The van der Waals surface area contributed by atoms with Crippen molar-refractivity contribution in [2.45, 2.75) is 19.9 Å². The summed E-state index contributed by atoms with van der Waals surface area (Å²) in [6, 6.07) is 0.387. The first-order valence-corrected chi connectivity index (χ1v) is 4.99. The molecule has 0 amide bonds. The summed E-state index contributed by atoms with van der Waals surface area (Å²) in [5.41, 5.74) is 3.38. The highest BCUT2D eigenvalue weighted by Crippen LogP contribution is 1.94. The zero-order valence-electron chi connectivity index (χ0n) is 8.58. The first kappa shape index (κ1) is 10.9. The van der Waals surface area contributed by atoms with Crippen molar-refractivity contribution in [1.82, 2.24) is 10.4 Å². The molecule has 4 heteroatoms. The van der Waals surface area contributed by atoms with Crippen LogP contribution in [0, 0.1) is 0 Å². The van der Waals surface area contributed by atoms with Crippen molar-refractivity contribution < 1.29 is 9.47 Å². The number of rotatable bonds is 5. The van der Waals surface area contributed by atoms with Gasteiger partial charge >= 0.3 is 0 Å². The summed E-state index contributed by atoms with van der Waals surface area (Å²) in [6.45, 7) is 9.30. The summed E-state index contributed by atoms with van der Waals surface area (Å²) >= 11 is 0. The van der Waals surface area contributed by atoms with Crippen molar-refractivity contribution in [2.24, 2.45) is 0 Å². The van der Waals surface area contributed by atoms with E-state index >= 15 is 0 Å². The van der Waals surface area contributed by atoms with Crippen molar-refractivity contribution >= 4 is 0 Å². The van der Waals surface area contributed by atoms with Gasteiger partial charge in [-0.3, -0.25) is 0 Å². The van der Waals surface area contributed by atoms with Crippen molar-refractivity contribution in [3.63, 3.8) is 0 Å². The number of hydrogen-bond acceptors (Lipinski definition) is 4. The van der Waals surface area contributed by atoms with Gasteiger partial charge in [0.15, 0.2) is 0 Å². The average Bonchev–Trinajstić information content (AvgIpc) is 2.16. The van der Waals surface area contributed by atoms with Gasteiger partial charge in [0, 0.05) is 25.7 Å². The van der Waals surface area contributed by atoms with Gasteiger partial charge in [0.25, 0.3) is 0 Å².